The third-order valence-electron chi connectivity index (χ3n) is 4.24. The number of alkyl halides is 3. The summed E-state index contributed by atoms with van der Waals surface area (Å²) in [6.07, 6.45) is -1.27. The fourth-order valence-electron chi connectivity index (χ4n) is 2.76. The molecule has 0 saturated heterocycles. The number of anilines is 2. The van der Waals surface area contributed by atoms with Gasteiger partial charge in [0.1, 0.15) is 0 Å². The Morgan fingerprint density at radius 2 is 2.00 bits per heavy atom. The van der Waals surface area contributed by atoms with E-state index in [1.54, 1.807) is 0 Å². The van der Waals surface area contributed by atoms with E-state index in [1.165, 1.54) is 6.07 Å². The molecule has 0 aliphatic carbocycles. The Bertz CT molecular complexity index is 1260. The molecule has 2 heterocycles. The number of hydrazone groups is 1. The van der Waals surface area contributed by atoms with Crippen LogP contribution in [0.25, 0.3) is 5.69 Å². The second-order valence-electron chi connectivity index (χ2n) is 6.39. The average Bonchev–Trinajstić information content (AvgIpc) is 3.19. The van der Waals surface area contributed by atoms with E-state index in [0.717, 1.165) is 31.6 Å². The summed E-state index contributed by atoms with van der Waals surface area (Å²) < 4.78 is 69.1. The van der Waals surface area contributed by atoms with Gasteiger partial charge in [-0.05, 0) is 25.1 Å². The van der Waals surface area contributed by atoms with E-state index in [2.05, 4.69) is 25.9 Å². The smallest absolute Gasteiger partial charge is 0.320 e. The number of carbonyl (C=O) groups excluding carboxylic acids is 1. The maximum absolute atomic E-state index is 13.9. The Morgan fingerprint density at radius 3 is 2.64 bits per heavy atom. The van der Waals surface area contributed by atoms with Crippen molar-refractivity contribution < 1.29 is 26.7 Å². The SMILES string of the molecule is Cc1c(-n2ncc(C(=O)Nc3cnc(N/N=C\C=N)c(Cl)c3)c2C(F)(F)F)ccc(F)c1F. The first-order valence-corrected chi connectivity index (χ1v) is 9.27. The van der Waals surface area contributed by atoms with Gasteiger partial charge in [0.15, 0.2) is 23.1 Å². The molecule has 0 saturated carbocycles. The first-order valence-electron chi connectivity index (χ1n) is 8.89. The molecule has 0 atom stereocenters. The zero-order valence-corrected chi connectivity index (χ0v) is 17.3. The Hall–Kier alpha value is -3.87. The number of amides is 1. The van der Waals surface area contributed by atoms with Crippen LogP contribution in [0.3, 0.4) is 0 Å². The number of pyridine rings is 1. The molecule has 2 aromatic heterocycles. The van der Waals surface area contributed by atoms with Crippen LogP contribution in [-0.2, 0) is 6.18 Å². The normalized spacial score (nSPS) is 11.6. The number of hydrogen-bond donors (Lipinski definition) is 3. The number of benzene rings is 1. The predicted octanol–water partition coefficient (Wildman–Crippen LogP) is 4.83. The summed E-state index contributed by atoms with van der Waals surface area (Å²) >= 11 is 6.00. The third kappa shape index (κ3) is 4.98. The van der Waals surface area contributed by atoms with Gasteiger partial charge in [0.2, 0.25) is 0 Å². The van der Waals surface area contributed by atoms with Crippen molar-refractivity contribution in [1.82, 2.24) is 14.8 Å². The van der Waals surface area contributed by atoms with Gasteiger partial charge in [-0.15, -0.1) is 0 Å². The largest absolute Gasteiger partial charge is 0.434 e. The number of hydrogen-bond acceptors (Lipinski definition) is 6. The van der Waals surface area contributed by atoms with Gasteiger partial charge >= 0.3 is 6.18 Å². The van der Waals surface area contributed by atoms with Gasteiger partial charge in [-0.2, -0.15) is 23.4 Å². The maximum Gasteiger partial charge on any atom is 0.434 e. The molecule has 0 aliphatic heterocycles. The number of nitrogens with zero attached hydrogens (tertiary/aromatic N) is 4. The summed E-state index contributed by atoms with van der Waals surface area (Å²) in [5.74, 6) is -3.68. The Morgan fingerprint density at radius 1 is 1.27 bits per heavy atom. The van der Waals surface area contributed by atoms with E-state index in [9.17, 15) is 26.7 Å². The van der Waals surface area contributed by atoms with Crippen LogP contribution in [0.5, 0.6) is 0 Å². The van der Waals surface area contributed by atoms with Crippen molar-refractivity contribution in [3.8, 4) is 5.69 Å². The molecule has 0 radical (unpaired) electrons. The molecule has 14 heteroatoms. The van der Waals surface area contributed by atoms with Gasteiger partial charge in [-0.25, -0.2) is 18.4 Å². The minimum Gasteiger partial charge on any atom is -0.320 e. The number of halogens is 6. The van der Waals surface area contributed by atoms with E-state index in [1.807, 2.05) is 0 Å². The number of aromatic nitrogens is 3. The summed E-state index contributed by atoms with van der Waals surface area (Å²) in [7, 11) is 0. The van der Waals surface area contributed by atoms with E-state index in [4.69, 9.17) is 17.0 Å². The topological polar surface area (TPSA) is 108 Å². The Kier molecular flexibility index (Phi) is 6.72. The van der Waals surface area contributed by atoms with Crippen molar-refractivity contribution in [1.29, 1.82) is 5.41 Å². The van der Waals surface area contributed by atoms with E-state index >= 15 is 0 Å². The fraction of sp³-hybridized carbons (Fsp3) is 0.105. The third-order valence-corrected chi connectivity index (χ3v) is 4.53. The first kappa shape index (κ1) is 23.8. The molecule has 1 aromatic carbocycles. The lowest BCUT2D eigenvalue weighted by Crippen LogP contribution is -2.21. The van der Waals surface area contributed by atoms with Crippen molar-refractivity contribution in [3.05, 3.63) is 64.1 Å². The Balaban J connectivity index is 1.96. The molecule has 1 amide bonds. The van der Waals surface area contributed by atoms with Gasteiger partial charge in [-0.3, -0.25) is 10.2 Å². The lowest BCUT2D eigenvalue weighted by molar-refractivity contribution is -0.143. The van der Waals surface area contributed by atoms with Gasteiger partial charge in [0, 0.05) is 11.8 Å². The van der Waals surface area contributed by atoms with E-state index < -0.39 is 40.5 Å². The van der Waals surface area contributed by atoms with E-state index in [-0.39, 0.29) is 22.2 Å². The highest BCUT2D eigenvalue weighted by atomic mass is 35.5. The van der Waals surface area contributed by atoms with Crippen LogP contribution in [0.2, 0.25) is 5.02 Å². The molecule has 3 rings (SSSR count). The van der Waals surface area contributed by atoms with Crippen LogP contribution in [0.1, 0.15) is 21.6 Å². The van der Waals surface area contributed by atoms with E-state index in [0.29, 0.717) is 16.9 Å². The molecule has 3 N–H and O–H groups in total. The highest BCUT2D eigenvalue weighted by Gasteiger charge is 2.41. The van der Waals surface area contributed by atoms with Crippen LogP contribution in [0.4, 0.5) is 33.5 Å². The van der Waals surface area contributed by atoms with Gasteiger partial charge in [0.05, 0.1) is 40.6 Å². The zero-order valence-electron chi connectivity index (χ0n) is 16.5. The number of rotatable bonds is 6. The molecular formula is C19H13ClF5N7O. The molecule has 3 aromatic rings. The van der Waals surface area contributed by atoms with Gasteiger partial charge < -0.3 is 10.7 Å². The molecule has 0 aliphatic rings. The maximum atomic E-state index is 13.9. The quantitative estimate of drug-likeness (QED) is 0.264. The van der Waals surface area contributed by atoms with Crippen LogP contribution in [-0.4, -0.2) is 33.1 Å². The minimum absolute atomic E-state index is 0.0147. The Labute approximate surface area is 187 Å². The molecule has 0 bridgehead atoms. The molecular weight excluding hydrogens is 473 g/mol. The first-order chi connectivity index (χ1) is 15.5. The number of nitrogens with one attached hydrogen (secondary N) is 3. The molecule has 0 spiro atoms. The van der Waals surface area contributed by atoms with Crippen molar-refractivity contribution in [3.63, 3.8) is 0 Å². The van der Waals surface area contributed by atoms with Gasteiger partial charge in [0.25, 0.3) is 5.91 Å². The monoisotopic (exact) mass is 485 g/mol. The summed E-state index contributed by atoms with van der Waals surface area (Å²) in [6, 6.07) is 2.80. The lowest BCUT2D eigenvalue weighted by atomic mass is 10.1. The molecule has 0 unspecified atom stereocenters. The van der Waals surface area contributed by atoms with Crippen molar-refractivity contribution >= 4 is 41.4 Å². The number of carbonyl (C=O) groups is 1. The van der Waals surface area contributed by atoms with Gasteiger partial charge in [-0.1, -0.05) is 11.6 Å². The summed E-state index contributed by atoms with van der Waals surface area (Å²) in [6.45, 7) is 1.09. The molecule has 0 fully saturated rings. The van der Waals surface area contributed by atoms with Crippen molar-refractivity contribution in [2.45, 2.75) is 13.1 Å². The molecule has 172 valence electrons. The second kappa shape index (κ2) is 9.32. The second-order valence-corrected chi connectivity index (χ2v) is 6.79. The summed E-state index contributed by atoms with van der Waals surface area (Å²) in [5.41, 5.74) is -0.737. The van der Waals surface area contributed by atoms with Crippen molar-refractivity contribution in [2.75, 3.05) is 10.7 Å². The van der Waals surface area contributed by atoms with Crippen molar-refractivity contribution in [2.24, 2.45) is 5.10 Å². The van der Waals surface area contributed by atoms with Crippen LogP contribution in [0, 0.1) is 24.0 Å². The summed E-state index contributed by atoms with van der Waals surface area (Å²) in [4.78, 5) is 16.5. The molecule has 33 heavy (non-hydrogen) atoms. The predicted molar refractivity (Wildman–Crippen MR) is 111 cm³/mol. The lowest BCUT2D eigenvalue weighted by Gasteiger charge is -2.15. The zero-order chi connectivity index (χ0) is 24.3. The van der Waals surface area contributed by atoms with Crippen LogP contribution >= 0.6 is 11.6 Å². The van der Waals surface area contributed by atoms with Crippen LogP contribution in [0.15, 0.2) is 35.7 Å². The highest BCUT2D eigenvalue weighted by Crippen LogP contribution is 2.35. The average molecular weight is 486 g/mol. The minimum atomic E-state index is -5.06. The fourth-order valence-corrected chi connectivity index (χ4v) is 2.97. The summed E-state index contributed by atoms with van der Waals surface area (Å²) in [5, 5.41) is 16.2. The van der Waals surface area contributed by atoms with Crippen LogP contribution < -0.4 is 10.7 Å². The standard InChI is InChI=1S/C19H13ClF5N7O/c1-9-14(3-2-13(21)15(9)22)32-16(19(23,24)25)11(8-29-32)18(33)30-10-6-12(20)17(27-7-10)31-28-5-4-26/h2-8,26H,1H3,(H,27,31)(H,30,33)/b26-4?,28-5-. The molecule has 8 nitrogen and oxygen atoms in total. The highest BCUT2D eigenvalue weighted by molar-refractivity contribution is 6.33.